The van der Waals surface area contributed by atoms with E-state index in [-0.39, 0.29) is 18.6 Å². The van der Waals surface area contributed by atoms with Crippen LogP contribution < -0.4 is 5.32 Å². The standard InChI is InChI=1S/C15H20Cl2N2O2/c1-19(9-11-2-3-12(16)8-14(11)17)15(20)10-21-13-4-6-18-7-5-13/h2-3,8,13,18H,4-7,9-10H2,1H3. The number of likely N-dealkylation sites (N-methyl/N-ethyl adjacent to an activating group) is 1. The minimum Gasteiger partial charge on any atom is -0.368 e. The number of benzene rings is 1. The molecule has 1 aromatic carbocycles. The number of carbonyl (C=O) groups excluding carboxylic acids is 1. The molecular weight excluding hydrogens is 311 g/mol. The quantitative estimate of drug-likeness (QED) is 0.902. The van der Waals surface area contributed by atoms with Gasteiger partial charge in [0, 0.05) is 23.6 Å². The van der Waals surface area contributed by atoms with E-state index < -0.39 is 0 Å². The molecule has 116 valence electrons. The highest BCUT2D eigenvalue weighted by Crippen LogP contribution is 2.22. The van der Waals surface area contributed by atoms with Crippen molar-refractivity contribution in [3.8, 4) is 0 Å². The number of hydrogen-bond acceptors (Lipinski definition) is 3. The van der Waals surface area contributed by atoms with Crippen molar-refractivity contribution in [3.63, 3.8) is 0 Å². The summed E-state index contributed by atoms with van der Waals surface area (Å²) in [4.78, 5) is 13.7. The summed E-state index contributed by atoms with van der Waals surface area (Å²) >= 11 is 12.0. The van der Waals surface area contributed by atoms with Gasteiger partial charge in [-0.1, -0.05) is 29.3 Å². The van der Waals surface area contributed by atoms with Gasteiger partial charge in [0.2, 0.25) is 5.91 Å². The van der Waals surface area contributed by atoms with Gasteiger partial charge < -0.3 is 15.0 Å². The van der Waals surface area contributed by atoms with Gasteiger partial charge in [-0.25, -0.2) is 0 Å². The number of nitrogens with zero attached hydrogens (tertiary/aromatic N) is 1. The maximum Gasteiger partial charge on any atom is 0.248 e. The maximum absolute atomic E-state index is 12.1. The molecule has 0 unspecified atom stereocenters. The molecular formula is C15H20Cl2N2O2. The summed E-state index contributed by atoms with van der Waals surface area (Å²) in [6.07, 6.45) is 2.10. The van der Waals surface area contributed by atoms with E-state index in [2.05, 4.69) is 5.32 Å². The van der Waals surface area contributed by atoms with Gasteiger partial charge in [0.1, 0.15) is 6.61 Å². The molecule has 21 heavy (non-hydrogen) atoms. The molecule has 1 N–H and O–H groups in total. The lowest BCUT2D eigenvalue weighted by atomic mass is 10.1. The molecule has 1 heterocycles. The lowest BCUT2D eigenvalue weighted by Crippen LogP contribution is -2.36. The number of nitrogens with one attached hydrogen (secondary N) is 1. The largest absolute Gasteiger partial charge is 0.368 e. The lowest BCUT2D eigenvalue weighted by molar-refractivity contribution is -0.137. The zero-order valence-electron chi connectivity index (χ0n) is 12.1. The normalized spacial score (nSPS) is 16.0. The topological polar surface area (TPSA) is 41.6 Å². The highest BCUT2D eigenvalue weighted by Gasteiger charge is 2.17. The summed E-state index contributed by atoms with van der Waals surface area (Å²) in [5.41, 5.74) is 0.874. The molecule has 0 spiro atoms. The van der Waals surface area contributed by atoms with Crippen LogP contribution in [0.15, 0.2) is 18.2 Å². The lowest BCUT2D eigenvalue weighted by Gasteiger charge is -2.24. The highest BCUT2D eigenvalue weighted by molar-refractivity contribution is 6.35. The average molecular weight is 331 g/mol. The van der Waals surface area contributed by atoms with Gasteiger partial charge in [0.05, 0.1) is 6.10 Å². The van der Waals surface area contributed by atoms with E-state index in [1.165, 1.54) is 0 Å². The number of carbonyl (C=O) groups is 1. The number of halogens is 2. The van der Waals surface area contributed by atoms with E-state index in [0.717, 1.165) is 31.5 Å². The average Bonchev–Trinajstić information content (AvgIpc) is 2.48. The first-order valence-electron chi connectivity index (χ1n) is 7.06. The smallest absolute Gasteiger partial charge is 0.248 e. The van der Waals surface area contributed by atoms with Gasteiger partial charge in [-0.15, -0.1) is 0 Å². The minimum absolute atomic E-state index is 0.0421. The highest BCUT2D eigenvalue weighted by atomic mass is 35.5. The summed E-state index contributed by atoms with van der Waals surface area (Å²) in [6.45, 7) is 2.47. The van der Waals surface area contributed by atoms with Crippen LogP contribution in [0.2, 0.25) is 10.0 Å². The van der Waals surface area contributed by atoms with Crippen molar-refractivity contribution in [1.82, 2.24) is 10.2 Å². The number of amides is 1. The Morgan fingerprint density at radius 2 is 2.10 bits per heavy atom. The summed E-state index contributed by atoms with van der Waals surface area (Å²) < 4.78 is 5.67. The van der Waals surface area contributed by atoms with Crippen LogP contribution in [0.4, 0.5) is 0 Å². The van der Waals surface area contributed by atoms with E-state index in [0.29, 0.717) is 16.6 Å². The molecule has 1 aliphatic rings. The fraction of sp³-hybridized carbons (Fsp3) is 0.533. The Hall–Kier alpha value is -0.810. The van der Waals surface area contributed by atoms with Crippen LogP contribution in [0.5, 0.6) is 0 Å². The van der Waals surface area contributed by atoms with E-state index >= 15 is 0 Å². The maximum atomic E-state index is 12.1. The van der Waals surface area contributed by atoms with Crippen LogP contribution in [-0.2, 0) is 16.1 Å². The molecule has 0 bridgehead atoms. The molecule has 0 radical (unpaired) electrons. The fourth-order valence-electron chi connectivity index (χ4n) is 2.26. The van der Waals surface area contributed by atoms with E-state index in [4.69, 9.17) is 27.9 Å². The second-order valence-electron chi connectivity index (χ2n) is 5.25. The second-order valence-corrected chi connectivity index (χ2v) is 6.09. The zero-order valence-corrected chi connectivity index (χ0v) is 13.6. The van der Waals surface area contributed by atoms with Crippen LogP contribution >= 0.6 is 23.2 Å². The summed E-state index contributed by atoms with van der Waals surface area (Å²) in [6, 6.07) is 5.29. The third-order valence-corrected chi connectivity index (χ3v) is 4.16. The van der Waals surface area contributed by atoms with E-state index in [1.807, 2.05) is 6.07 Å². The van der Waals surface area contributed by atoms with E-state index in [9.17, 15) is 4.79 Å². The Kier molecular flexibility index (Phi) is 6.30. The van der Waals surface area contributed by atoms with Crippen molar-refractivity contribution in [2.75, 3.05) is 26.7 Å². The molecule has 0 aromatic heterocycles. The molecule has 1 aliphatic heterocycles. The van der Waals surface area contributed by atoms with Crippen molar-refractivity contribution < 1.29 is 9.53 Å². The number of hydrogen-bond donors (Lipinski definition) is 1. The van der Waals surface area contributed by atoms with Crippen LogP contribution in [-0.4, -0.2) is 43.7 Å². The first-order chi connectivity index (χ1) is 10.1. The fourth-order valence-corrected chi connectivity index (χ4v) is 2.72. The van der Waals surface area contributed by atoms with Gasteiger partial charge in [-0.3, -0.25) is 4.79 Å². The van der Waals surface area contributed by atoms with Crippen molar-refractivity contribution in [1.29, 1.82) is 0 Å². The monoisotopic (exact) mass is 330 g/mol. The summed E-state index contributed by atoms with van der Waals surface area (Å²) in [7, 11) is 1.75. The Labute approximate surface area is 135 Å². The molecule has 1 amide bonds. The Balaban J connectivity index is 1.81. The van der Waals surface area contributed by atoms with E-state index in [1.54, 1.807) is 24.1 Å². The van der Waals surface area contributed by atoms with Crippen molar-refractivity contribution in [2.45, 2.75) is 25.5 Å². The number of rotatable bonds is 5. The van der Waals surface area contributed by atoms with Crippen molar-refractivity contribution in [2.24, 2.45) is 0 Å². The van der Waals surface area contributed by atoms with Crippen LogP contribution in [0, 0.1) is 0 Å². The molecule has 1 aromatic rings. The third kappa shape index (κ3) is 5.15. The molecule has 4 nitrogen and oxygen atoms in total. The minimum atomic E-state index is -0.0421. The Bertz CT molecular complexity index is 491. The third-order valence-electron chi connectivity index (χ3n) is 3.58. The first kappa shape index (κ1) is 16.6. The first-order valence-corrected chi connectivity index (χ1v) is 7.82. The molecule has 2 rings (SSSR count). The SMILES string of the molecule is CN(Cc1ccc(Cl)cc1Cl)C(=O)COC1CCNCC1. The predicted octanol–water partition coefficient (Wildman–Crippen LogP) is 2.72. The van der Waals surface area contributed by atoms with Gasteiger partial charge in [0.15, 0.2) is 0 Å². The molecule has 0 saturated carbocycles. The number of ether oxygens (including phenoxy) is 1. The van der Waals surface area contributed by atoms with Crippen LogP contribution in [0.3, 0.4) is 0 Å². The van der Waals surface area contributed by atoms with Crippen LogP contribution in [0.25, 0.3) is 0 Å². The van der Waals surface area contributed by atoms with Crippen molar-refractivity contribution >= 4 is 29.1 Å². The van der Waals surface area contributed by atoms with Gasteiger partial charge in [0.25, 0.3) is 0 Å². The Morgan fingerprint density at radius 3 is 2.76 bits per heavy atom. The number of piperidine rings is 1. The summed E-state index contributed by atoms with van der Waals surface area (Å²) in [5.74, 6) is -0.0421. The molecule has 0 aliphatic carbocycles. The molecule has 0 atom stereocenters. The predicted molar refractivity (Wildman–Crippen MR) is 84.8 cm³/mol. The molecule has 6 heteroatoms. The molecule has 1 fully saturated rings. The van der Waals surface area contributed by atoms with Crippen molar-refractivity contribution in [3.05, 3.63) is 33.8 Å². The van der Waals surface area contributed by atoms with Crippen LogP contribution in [0.1, 0.15) is 18.4 Å². The zero-order chi connectivity index (χ0) is 15.2. The van der Waals surface area contributed by atoms with Gasteiger partial charge in [-0.2, -0.15) is 0 Å². The summed E-state index contributed by atoms with van der Waals surface area (Å²) in [5, 5.41) is 4.43. The van der Waals surface area contributed by atoms with Gasteiger partial charge in [-0.05, 0) is 43.6 Å². The second kappa shape index (κ2) is 7.99. The Morgan fingerprint density at radius 1 is 1.38 bits per heavy atom. The van der Waals surface area contributed by atoms with Gasteiger partial charge >= 0.3 is 0 Å². The molecule has 1 saturated heterocycles.